The van der Waals surface area contributed by atoms with E-state index in [0.29, 0.717) is 0 Å². The number of carbonyl (C=O) groups excluding carboxylic acids is 2. The first-order valence-corrected chi connectivity index (χ1v) is 4.00. The van der Waals surface area contributed by atoms with Crippen LogP contribution in [0.2, 0.25) is 0 Å². The van der Waals surface area contributed by atoms with E-state index in [1.165, 1.54) is 14.2 Å². The Morgan fingerprint density at radius 3 is 1.46 bits per heavy atom. The summed E-state index contributed by atoms with van der Waals surface area (Å²) in [6, 6.07) is 0. The first-order chi connectivity index (χ1) is 5.84. The van der Waals surface area contributed by atoms with Crippen molar-refractivity contribution in [2.24, 2.45) is 11.3 Å². The van der Waals surface area contributed by atoms with Crippen molar-refractivity contribution in [3.63, 3.8) is 0 Å². The van der Waals surface area contributed by atoms with Gasteiger partial charge in [0.25, 0.3) is 0 Å². The third-order valence-corrected chi connectivity index (χ3v) is 1.74. The number of methoxy groups -OCH3 is 2. The summed E-state index contributed by atoms with van der Waals surface area (Å²) in [6.07, 6.45) is 0. The van der Waals surface area contributed by atoms with Gasteiger partial charge in [0.2, 0.25) is 0 Å². The maximum atomic E-state index is 11.2. The van der Waals surface area contributed by atoms with Gasteiger partial charge < -0.3 is 9.47 Å². The second-order valence-corrected chi connectivity index (χ2v) is 3.85. The lowest BCUT2D eigenvalue weighted by Gasteiger charge is -2.25. The van der Waals surface area contributed by atoms with E-state index in [1.807, 2.05) is 0 Å². The zero-order chi connectivity index (χ0) is 10.6. The monoisotopic (exact) mass is 188 g/mol. The fraction of sp³-hybridized carbons (Fsp3) is 0.778. The number of rotatable bonds is 2. The predicted octanol–water partition coefficient (Wildman–Crippen LogP) is 0.995. The molecular formula is C9H16O4. The lowest BCUT2D eigenvalue weighted by molar-refractivity contribution is -0.163. The Kier molecular flexibility index (Phi) is 3.91. The number of esters is 2. The summed E-state index contributed by atoms with van der Waals surface area (Å²) in [5, 5.41) is 0. The maximum absolute atomic E-state index is 11.2. The molecule has 0 heterocycles. The Balaban J connectivity index is 4.76. The Bertz CT molecular complexity index is 186. The lowest BCUT2D eigenvalue weighted by Crippen LogP contribution is -2.37. The molecule has 0 saturated carbocycles. The molecule has 0 fully saturated rings. The summed E-state index contributed by atoms with van der Waals surface area (Å²) in [7, 11) is 2.51. The molecule has 0 unspecified atom stereocenters. The molecule has 0 bridgehead atoms. The molecule has 0 aliphatic heterocycles. The molecule has 0 spiro atoms. The summed E-state index contributed by atoms with van der Waals surface area (Å²) in [4.78, 5) is 22.5. The van der Waals surface area contributed by atoms with Crippen LogP contribution in [0.4, 0.5) is 0 Å². The highest BCUT2D eigenvalue weighted by Crippen LogP contribution is 2.27. The van der Waals surface area contributed by atoms with Gasteiger partial charge in [-0.2, -0.15) is 0 Å². The van der Waals surface area contributed by atoms with Gasteiger partial charge in [-0.15, -0.1) is 0 Å². The maximum Gasteiger partial charge on any atom is 0.320 e. The molecule has 0 aromatic heterocycles. The molecule has 0 aromatic carbocycles. The SMILES string of the molecule is COC(=O)C(C(=O)OC)C(C)(C)C. The first kappa shape index (κ1) is 11.9. The van der Waals surface area contributed by atoms with E-state index >= 15 is 0 Å². The second-order valence-electron chi connectivity index (χ2n) is 3.85. The van der Waals surface area contributed by atoms with Crippen molar-refractivity contribution in [2.45, 2.75) is 20.8 Å². The van der Waals surface area contributed by atoms with Crippen molar-refractivity contribution in [3.8, 4) is 0 Å². The molecule has 0 aromatic rings. The third kappa shape index (κ3) is 3.05. The van der Waals surface area contributed by atoms with E-state index in [2.05, 4.69) is 9.47 Å². The summed E-state index contributed by atoms with van der Waals surface area (Å²) in [5.74, 6) is -1.97. The van der Waals surface area contributed by atoms with Crippen molar-refractivity contribution in [1.29, 1.82) is 0 Å². The smallest absolute Gasteiger partial charge is 0.320 e. The molecular weight excluding hydrogens is 172 g/mol. The minimum absolute atomic E-state index is 0.486. The van der Waals surface area contributed by atoms with E-state index in [4.69, 9.17) is 0 Å². The Labute approximate surface area is 78.2 Å². The lowest BCUT2D eigenvalue weighted by atomic mass is 9.81. The van der Waals surface area contributed by atoms with Gasteiger partial charge >= 0.3 is 11.9 Å². The summed E-state index contributed by atoms with van der Waals surface area (Å²) in [6.45, 7) is 5.35. The fourth-order valence-corrected chi connectivity index (χ4v) is 1.04. The molecule has 4 heteroatoms. The van der Waals surface area contributed by atoms with Crippen molar-refractivity contribution < 1.29 is 19.1 Å². The molecule has 0 saturated heterocycles. The molecule has 0 radical (unpaired) electrons. The van der Waals surface area contributed by atoms with Crippen molar-refractivity contribution in [3.05, 3.63) is 0 Å². The van der Waals surface area contributed by atoms with Crippen LogP contribution in [0, 0.1) is 11.3 Å². The summed E-state index contributed by atoms with van der Waals surface area (Å²) in [5.41, 5.74) is -0.486. The van der Waals surface area contributed by atoms with Gasteiger partial charge in [-0.1, -0.05) is 20.8 Å². The average Bonchev–Trinajstić information content (AvgIpc) is 2.01. The van der Waals surface area contributed by atoms with E-state index in [9.17, 15) is 9.59 Å². The number of carbonyl (C=O) groups is 2. The van der Waals surface area contributed by atoms with Crippen LogP contribution in [0.3, 0.4) is 0 Å². The molecule has 0 aliphatic rings. The van der Waals surface area contributed by atoms with E-state index in [-0.39, 0.29) is 0 Å². The molecule has 0 atom stereocenters. The van der Waals surface area contributed by atoms with E-state index in [1.54, 1.807) is 20.8 Å². The predicted molar refractivity (Wildman–Crippen MR) is 47.0 cm³/mol. The summed E-state index contributed by atoms with van der Waals surface area (Å²) >= 11 is 0. The van der Waals surface area contributed by atoms with Crippen LogP contribution in [0.5, 0.6) is 0 Å². The van der Waals surface area contributed by atoms with Crippen molar-refractivity contribution in [2.75, 3.05) is 14.2 Å². The minimum atomic E-state index is -0.859. The van der Waals surface area contributed by atoms with Crippen molar-refractivity contribution >= 4 is 11.9 Å². The van der Waals surface area contributed by atoms with Gasteiger partial charge in [0.15, 0.2) is 5.92 Å². The van der Waals surface area contributed by atoms with Crippen LogP contribution in [0.1, 0.15) is 20.8 Å². The number of hydrogen-bond acceptors (Lipinski definition) is 4. The van der Waals surface area contributed by atoms with Crippen LogP contribution >= 0.6 is 0 Å². The molecule has 76 valence electrons. The molecule has 4 nitrogen and oxygen atoms in total. The second kappa shape index (κ2) is 4.25. The van der Waals surface area contributed by atoms with Crippen LogP contribution in [-0.4, -0.2) is 26.2 Å². The van der Waals surface area contributed by atoms with Gasteiger partial charge in [-0.3, -0.25) is 9.59 Å². The zero-order valence-electron chi connectivity index (χ0n) is 8.71. The van der Waals surface area contributed by atoms with E-state index in [0.717, 1.165) is 0 Å². The third-order valence-electron chi connectivity index (χ3n) is 1.74. The standard InChI is InChI=1S/C9H16O4/c1-9(2,3)6(7(10)12-4)8(11)13-5/h6H,1-5H3. The van der Waals surface area contributed by atoms with Crippen LogP contribution < -0.4 is 0 Å². The Morgan fingerprint density at radius 1 is 1.00 bits per heavy atom. The normalized spacial score (nSPS) is 11.2. The van der Waals surface area contributed by atoms with Crippen LogP contribution in [0.25, 0.3) is 0 Å². The van der Waals surface area contributed by atoms with Crippen LogP contribution in [-0.2, 0) is 19.1 Å². The Morgan fingerprint density at radius 2 is 1.31 bits per heavy atom. The zero-order valence-corrected chi connectivity index (χ0v) is 8.71. The average molecular weight is 188 g/mol. The Hall–Kier alpha value is -1.06. The largest absolute Gasteiger partial charge is 0.468 e. The fourth-order valence-electron chi connectivity index (χ4n) is 1.04. The molecule has 0 amide bonds. The molecule has 13 heavy (non-hydrogen) atoms. The highest BCUT2D eigenvalue weighted by Gasteiger charge is 2.39. The summed E-state index contributed by atoms with van der Waals surface area (Å²) < 4.78 is 9.04. The highest BCUT2D eigenvalue weighted by molar-refractivity contribution is 5.95. The van der Waals surface area contributed by atoms with Crippen molar-refractivity contribution in [1.82, 2.24) is 0 Å². The van der Waals surface area contributed by atoms with Gasteiger partial charge in [-0.05, 0) is 5.41 Å². The topological polar surface area (TPSA) is 52.6 Å². The number of hydrogen-bond donors (Lipinski definition) is 0. The first-order valence-electron chi connectivity index (χ1n) is 4.00. The molecule has 0 rings (SSSR count). The van der Waals surface area contributed by atoms with Gasteiger partial charge in [0, 0.05) is 0 Å². The number of ether oxygens (including phenoxy) is 2. The van der Waals surface area contributed by atoms with Gasteiger partial charge in [0.1, 0.15) is 0 Å². The highest BCUT2D eigenvalue weighted by atomic mass is 16.5. The molecule has 0 aliphatic carbocycles. The quantitative estimate of drug-likeness (QED) is 0.479. The van der Waals surface area contributed by atoms with Gasteiger partial charge in [0.05, 0.1) is 14.2 Å². The van der Waals surface area contributed by atoms with Crippen LogP contribution in [0.15, 0.2) is 0 Å². The van der Waals surface area contributed by atoms with E-state index < -0.39 is 23.3 Å². The van der Waals surface area contributed by atoms with Gasteiger partial charge in [-0.25, -0.2) is 0 Å². The minimum Gasteiger partial charge on any atom is -0.468 e. The molecule has 0 N–H and O–H groups in total.